The van der Waals surface area contributed by atoms with Crippen LogP contribution >= 0.6 is 0 Å². The van der Waals surface area contributed by atoms with Crippen LogP contribution in [0.3, 0.4) is 0 Å². The predicted molar refractivity (Wildman–Crippen MR) is 106 cm³/mol. The summed E-state index contributed by atoms with van der Waals surface area (Å²) >= 11 is 0. The summed E-state index contributed by atoms with van der Waals surface area (Å²) in [5.74, 6) is 0. The number of allylic oxidation sites excluding steroid dienone is 2. The van der Waals surface area contributed by atoms with Crippen LogP contribution in [-0.2, 0) is 29.3 Å². The van der Waals surface area contributed by atoms with Gasteiger partial charge in [-0.1, -0.05) is 30.4 Å². The van der Waals surface area contributed by atoms with E-state index in [1.165, 1.54) is 26.2 Å². The minimum absolute atomic E-state index is 0.333. The van der Waals surface area contributed by atoms with Crippen molar-refractivity contribution in [1.82, 2.24) is 3.97 Å². The number of rotatable bonds is 4. The van der Waals surface area contributed by atoms with Crippen LogP contribution in [0.15, 0.2) is 59.6 Å². The number of benzene rings is 2. The summed E-state index contributed by atoms with van der Waals surface area (Å²) in [7, 11) is -3.60. The van der Waals surface area contributed by atoms with Gasteiger partial charge in [-0.05, 0) is 80.0 Å². The van der Waals surface area contributed by atoms with E-state index in [9.17, 15) is 8.42 Å². The van der Waals surface area contributed by atoms with Crippen molar-refractivity contribution in [2.24, 2.45) is 0 Å². The lowest BCUT2D eigenvalue weighted by Crippen LogP contribution is -2.13. The number of aromatic nitrogens is 1. The average Bonchev–Trinajstić information content (AvgIpc) is 3.29. The molecule has 1 aliphatic carbocycles. The van der Waals surface area contributed by atoms with Gasteiger partial charge in [0.25, 0.3) is 10.0 Å². The Bertz CT molecular complexity index is 1110. The highest BCUT2D eigenvalue weighted by Crippen LogP contribution is 2.38. The summed E-state index contributed by atoms with van der Waals surface area (Å²) in [6.07, 6.45) is 9.84. The van der Waals surface area contributed by atoms with Crippen molar-refractivity contribution in [2.45, 2.75) is 44.4 Å². The average molecular weight is 365 g/mol. The Morgan fingerprint density at radius 1 is 1.08 bits per heavy atom. The van der Waals surface area contributed by atoms with Gasteiger partial charge in [0.15, 0.2) is 0 Å². The summed E-state index contributed by atoms with van der Waals surface area (Å²) in [6, 6.07) is 10.7. The van der Waals surface area contributed by atoms with Crippen molar-refractivity contribution in [3.8, 4) is 0 Å². The Morgan fingerprint density at radius 3 is 2.54 bits per heavy atom. The lowest BCUT2D eigenvalue weighted by atomic mass is 9.93. The van der Waals surface area contributed by atoms with Crippen molar-refractivity contribution in [3.05, 3.63) is 77.0 Å². The highest BCUT2D eigenvalue weighted by molar-refractivity contribution is 7.90. The number of fused-ring (bicyclic) bond motifs is 3. The van der Waals surface area contributed by atoms with E-state index < -0.39 is 10.0 Å². The van der Waals surface area contributed by atoms with Gasteiger partial charge in [-0.15, -0.1) is 0 Å². The predicted octanol–water partition coefficient (Wildman–Crippen LogP) is 4.79. The maximum absolute atomic E-state index is 13.3. The highest BCUT2D eigenvalue weighted by atomic mass is 32.2. The minimum Gasteiger partial charge on any atom is -0.241 e. The maximum Gasteiger partial charge on any atom is 0.268 e. The van der Waals surface area contributed by atoms with E-state index in [-0.39, 0.29) is 0 Å². The Morgan fingerprint density at radius 2 is 1.81 bits per heavy atom. The molecule has 0 fully saturated rings. The Kier molecular flexibility index (Phi) is 4.23. The van der Waals surface area contributed by atoms with Crippen LogP contribution in [-0.4, -0.2) is 12.4 Å². The Hall–Kier alpha value is -2.33. The summed E-state index contributed by atoms with van der Waals surface area (Å²) in [5, 5.41) is 1.07. The van der Waals surface area contributed by atoms with E-state index in [1.807, 2.05) is 19.1 Å². The van der Waals surface area contributed by atoms with E-state index in [2.05, 4.69) is 19.1 Å². The Balaban J connectivity index is 2.04. The molecule has 1 aromatic heterocycles. The molecule has 0 saturated heterocycles. The standard InChI is InChI=1S/C22H23NO2S/c1-3-4-11-18-16(2)19-12-8-13-20(19)22-21(18)14-15-23(22)26(24,25)17-9-6-5-7-10-17/h3-7,9-10,14-15H,8,11-13H2,1-2H3/b4-3+. The molecule has 26 heavy (non-hydrogen) atoms. The molecule has 4 rings (SSSR count). The van der Waals surface area contributed by atoms with Crippen molar-refractivity contribution < 1.29 is 8.42 Å². The first-order valence-corrected chi connectivity index (χ1v) is 10.6. The third-order valence-corrected chi connectivity index (χ3v) is 7.13. The van der Waals surface area contributed by atoms with Crippen LogP contribution in [0.4, 0.5) is 0 Å². The number of hydrogen-bond donors (Lipinski definition) is 0. The molecule has 2 aromatic carbocycles. The van der Waals surface area contributed by atoms with Gasteiger partial charge in [-0.25, -0.2) is 12.4 Å². The van der Waals surface area contributed by atoms with Gasteiger partial charge >= 0.3 is 0 Å². The maximum atomic E-state index is 13.3. The molecule has 0 unspecified atom stereocenters. The van der Waals surface area contributed by atoms with E-state index in [1.54, 1.807) is 30.5 Å². The normalized spacial score (nSPS) is 14.4. The van der Waals surface area contributed by atoms with E-state index >= 15 is 0 Å². The first-order valence-electron chi connectivity index (χ1n) is 9.11. The highest BCUT2D eigenvalue weighted by Gasteiger charge is 2.26. The molecule has 0 radical (unpaired) electrons. The fourth-order valence-corrected chi connectivity index (χ4v) is 5.56. The van der Waals surface area contributed by atoms with E-state index in [4.69, 9.17) is 0 Å². The lowest BCUT2D eigenvalue weighted by molar-refractivity contribution is 0.589. The van der Waals surface area contributed by atoms with Crippen LogP contribution in [0.5, 0.6) is 0 Å². The summed E-state index contributed by atoms with van der Waals surface area (Å²) in [5.41, 5.74) is 6.02. The van der Waals surface area contributed by atoms with Gasteiger partial charge in [0.1, 0.15) is 0 Å². The number of aryl methyl sites for hydroxylation is 1. The molecule has 0 spiro atoms. The number of nitrogens with zero attached hydrogens (tertiary/aromatic N) is 1. The topological polar surface area (TPSA) is 39.1 Å². The third-order valence-electron chi connectivity index (χ3n) is 5.44. The molecular weight excluding hydrogens is 342 g/mol. The molecule has 1 aliphatic rings. The van der Waals surface area contributed by atoms with Gasteiger partial charge < -0.3 is 0 Å². The van der Waals surface area contributed by atoms with Crippen molar-refractivity contribution in [2.75, 3.05) is 0 Å². The molecule has 0 amide bonds. The minimum atomic E-state index is -3.60. The second-order valence-corrected chi connectivity index (χ2v) is 8.69. The number of hydrogen-bond acceptors (Lipinski definition) is 2. The van der Waals surface area contributed by atoms with Crippen LogP contribution in [0.2, 0.25) is 0 Å². The van der Waals surface area contributed by atoms with Gasteiger partial charge in [-0.3, -0.25) is 0 Å². The van der Waals surface area contributed by atoms with Crippen molar-refractivity contribution in [3.63, 3.8) is 0 Å². The molecule has 3 aromatic rings. The van der Waals surface area contributed by atoms with E-state index in [0.29, 0.717) is 4.90 Å². The fraction of sp³-hybridized carbons (Fsp3) is 0.273. The Labute approximate surface area is 155 Å². The quantitative estimate of drug-likeness (QED) is 0.623. The van der Waals surface area contributed by atoms with Crippen molar-refractivity contribution >= 4 is 20.9 Å². The van der Waals surface area contributed by atoms with Crippen LogP contribution in [0.1, 0.15) is 35.6 Å². The summed E-state index contributed by atoms with van der Waals surface area (Å²) in [6.45, 7) is 4.20. The van der Waals surface area contributed by atoms with Gasteiger partial charge in [-0.2, -0.15) is 0 Å². The summed E-state index contributed by atoms with van der Waals surface area (Å²) in [4.78, 5) is 0.333. The van der Waals surface area contributed by atoms with Crippen LogP contribution in [0.25, 0.3) is 10.9 Å². The fourth-order valence-electron chi connectivity index (χ4n) is 4.16. The first kappa shape index (κ1) is 17.1. The molecule has 1 heterocycles. The summed E-state index contributed by atoms with van der Waals surface area (Å²) < 4.78 is 28.0. The monoisotopic (exact) mass is 365 g/mol. The van der Waals surface area contributed by atoms with Crippen LogP contribution in [0, 0.1) is 6.92 Å². The van der Waals surface area contributed by atoms with Gasteiger partial charge in [0, 0.05) is 11.6 Å². The molecule has 134 valence electrons. The molecule has 0 bridgehead atoms. The molecule has 4 heteroatoms. The second-order valence-electron chi connectivity index (χ2n) is 6.88. The smallest absolute Gasteiger partial charge is 0.241 e. The zero-order valence-electron chi connectivity index (χ0n) is 15.2. The van der Waals surface area contributed by atoms with Gasteiger partial charge in [0.05, 0.1) is 10.4 Å². The second kappa shape index (κ2) is 6.44. The van der Waals surface area contributed by atoms with Gasteiger partial charge in [0.2, 0.25) is 0 Å². The van der Waals surface area contributed by atoms with Crippen LogP contribution < -0.4 is 0 Å². The van der Waals surface area contributed by atoms with Crippen molar-refractivity contribution in [1.29, 1.82) is 0 Å². The zero-order chi connectivity index (χ0) is 18.3. The molecule has 0 saturated carbocycles. The molecule has 0 atom stereocenters. The zero-order valence-corrected chi connectivity index (χ0v) is 16.0. The largest absolute Gasteiger partial charge is 0.268 e. The lowest BCUT2D eigenvalue weighted by Gasteiger charge is -2.16. The molecule has 0 N–H and O–H groups in total. The molecular formula is C22H23NO2S. The van der Waals surface area contributed by atoms with E-state index in [0.717, 1.165) is 36.6 Å². The third kappa shape index (κ3) is 2.52. The molecule has 0 aliphatic heterocycles. The molecule has 3 nitrogen and oxygen atoms in total. The SMILES string of the molecule is C/C=C/Cc1c(C)c2c(c3c1ccn3S(=O)(=O)c1ccccc1)CCC2. The first-order chi connectivity index (χ1) is 12.6.